The highest BCUT2D eigenvalue weighted by Crippen LogP contribution is 2.66. The first kappa shape index (κ1) is 30.7. The van der Waals surface area contributed by atoms with Crippen LogP contribution in [0.15, 0.2) is 50.1 Å². The number of phenolic OH excluding ortho intramolecular Hbond substituents is 4. The van der Waals surface area contributed by atoms with Crippen LogP contribution in [0, 0.1) is 0 Å². The number of phenols is 4. The van der Waals surface area contributed by atoms with E-state index in [0.717, 1.165) is 53.6 Å². The summed E-state index contributed by atoms with van der Waals surface area (Å²) in [6, 6.07) is 3.48. The van der Waals surface area contributed by atoms with Crippen molar-refractivity contribution >= 4 is 0 Å². The van der Waals surface area contributed by atoms with Crippen LogP contribution < -0.4 is 0 Å². The first-order valence-electron chi connectivity index (χ1n) is 14.7. The van der Waals surface area contributed by atoms with Gasteiger partial charge in [0.05, 0.1) is 0 Å². The quantitative estimate of drug-likeness (QED) is 0.170. The lowest BCUT2D eigenvalue weighted by atomic mass is 9.70. The van der Waals surface area contributed by atoms with E-state index in [1.807, 2.05) is 18.2 Å². The van der Waals surface area contributed by atoms with Crippen molar-refractivity contribution in [3.63, 3.8) is 0 Å². The second-order valence-corrected chi connectivity index (χ2v) is 13.3. The van der Waals surface area contributed by atoms with E-state index < -0.39 is 5.41 Å². The highest BCUT2D eigenvalue weighted by molar-refractivity contribution is 5.70. The zero-order chi connectivity index (χ0) is 30.3. The summed E-state index contributed by atoms with van der Waals surface area (Å²) in [6.45, 7) is 26.2. The smallest absolute Gasteiger partial charge is 0.162 e. The Labute approximate surface area is 245 Å². The van der Waals surface area contributed by atoms with Crippen LogP contribution in [0.5, 0.6) is 23.0 Å². The van der Waals surface area contributed by atoms with Gasteiger partial charge in [-0.2, -0.15) is 0 Å². The molecule has 4 N–H and O–H groups in total. The largest absolute Gasteiger partial charge is 0.504 e. The average Bonchev–Trinajstić information content (AvgIpc) is 3.23. The normalized spacial score (nSPS) is 20.0. The van der Waals surface area contributed by atoms with Gasteiger partial charge < -0.3 is 20.4 Å². The van der Waals surface area contributed by atoms with Crippen molar-refractivity contribution < 1.29 is 20.4 Å². The number of fused-ring (bicyclic) bond motifs is 4. The van der Waals surface area contributed by atoms with Crippen molar-refractivity contribution in [2.75, 3.05) is 26.2 Å². The predicted octanol–water partition coefficient (Wildman–Crippen LogP) is 6.73. The van der Waals surface area contributed by atoms with E-state index >= 15 is 0 Å². The molecule has 1 atom stereocenters. The molecule has 2 aromatic rings. The fourth-order valence-corrected chi connectivity index (χ4v) is 7.88. The zero-order valence-electron chi connectivity index (χ0n) is 25.6. The van der Waals surface area contributed by atoms with Gasteiger partial charge in [-0.3, -0.25) is 9.80 Å². The Morgan fingerprint density at radius 3 is 1.49 bits per heavy atom. The van der Waals surface area contributed by atoms with Gasteiger partial charge in [-0.15, -0.1) is 19.7 Å². The predicted molar refractivity (Wildman–Crippen MR) is 167 cm³/mol. The van der Waals surface area contributed by atoms with Gasteiger partial charge in [0, 0.05) is 49.3 Å². The Hall–Kier alpha value is -3.22. The standard InChI is InChI=1S/C35H48N2O4/c1-9-13-36(14-10-2)19-23-29-25(17-27(38)31(23)40)33(5,6)21-35(29)22-34(7,8)26-18-28(39)32(41)24(30(26)35)20-37(15-11-3)16-12-4/h9-11,17-18,38-41H,1-3,12-16,19-22H2,4-8H3. The number of benzene rings is 2. The van der Waals surface area contributed by atoms with Crippen LogP contribution in [0.2, 0.25) is 0 Å². The Kier molecular flexibility index (Phi) is 8.41. The maximum atomic E-state index is 11.5. The second kappa shape index (κ2) is 11.2. The van der Waals surface area contributed by atoms with Gasteiger partial charge in [-0.1, -0.05) is 52.8 Å². The number of nitrogens with zero attached hydrogens (tertiary/aromatic N) is 2. The van der Waals surface area contributed by atoms with Crippen LogP contribution in [0.3, 0.4) is 0 Å². The highest BCUT2D eigenvalue weighted by atomic mass is 16.3. The lowest BCUT2D eigenvalue weighted by molar-refractivity contribution is 0.282. The molecule has 0 heterocycles. The summed E-state index contributed by atoms with van der Waals surface area (Å²) < 4.78 is 0. The summed E-state index contributed by atoms with van der Waals surface area (Å²) in [5.74, 6) is -0.406. The van der Waals surface area contributed by atoms with Gasteiger partial charge in [0.15, 0.2) is 23.0 Å². The summed E-state index contributed by atoms with van der Waals surface area (Å²) in [5.41, 5.74) is 4.37. The Morgan fingerprint density at radius 1 is 0.707 bits per heavy atom. The van der Waals surface area contributed by atoms with E-state index in [1.54, 1.807) is 12.1 Å². The molecule has 0 radical (unpaired) electrons. The van der Waals surface area contributed by atoms with Gasteiger partial charge in [0.1, 0.15) is 0 Å². The zero-order valence-corrected chi connectivity index (χ0v) is 25.6. The minimum atomic E-state index is -0.543. The van der Waals surface area contributed by atoms with Gasteiger partial charge >= 0.3 is 0 Å². The van der Waals surface area contributed by atoms with Gasteiger partial charge in [-0.25, -0.2) is 0 Å². The Morgan fingerprint density at radius 2 is 1.10 bits per heavy atom. The maximum absolute atomic E-state index is 11.5. The monoisotopic (exact) mass is 560 g/mol. The second-order valence-electron chi connectivity index (χ2n) is 13.3. The van der Waals surface area contributed by atoms with Crippen LogP contribution in [0.4, 0.5) is 0 Å². The van der Waals surface area contributed by atoms with Crippen molar-refractivity contribution in [1.82, 2.24) is 9.80 Å². The molecule has 2 aliphatic rings. The fourth-order valence-electron chi connectivity index (χ4n) is 7.88. The van der Waals surface area contributed by atoms with E-state index in [4.69, 9.17) is 0 Å². The molecule has 0 saturated carbocycles. The van der Waals surface area contributed by atoms with Crippen molar-refractivity contribution in [3.05, 3.63) is 83.5 Å². The average molecular weight is 561 g/mol. The first-order chi connectivity index (χ1) is 19.3. The molecule has 6 heteroatoms. The molecular formula is C35H48N2O4. The van der Waals surface area contributed by atoms with Crippen LogP contribution >= 0.6 is 0 Å². The highest BCUT2D eigenvalue weighted by Gasteiger charge is 2.59. The van der Waals surface area contributed by atoms with Crippen molar-refractivity contribution in [2.24, 2.45) is 0 Å². The third-order valence-electron chi connectivity index (χ3n) is 9.13. The molecule has 0 aromatic heterocycles. The van der Waals surface area contributed by atoms with E-state index in [-0.39, 0.29) is 33.8 Å². The lowest BCUT2D eigenvalue weighted by Crippen LogP contribution is -2.32. The van der Waals surface area contributed by atoms with Gasteiger partial charge in [-0.05, 0) is 71.0 Å². The minimum absolute atomic E-state index is 0.0817. The van der Waals surface area contributed by atoms with Crippen molar-refractivity contribution in [1.29, 1.82) is 0 Å². The molecule has 222 valence electrons. The van der Waals surface area contributed by atoms with Crippen molar-refractivity contribution in [3.8, 4) is 23.0 Å². The molecule has 0 fully saturated rings. The SMILES string of the molecule is C=CCN(CC=C)Cc1c(O)c(O)cc2c1C1(CC2(C)C)CC(C)(C)c2cc(O)c(O)c(CN(CC=C)CCC)c21. The minimum Gasteiger partial charge on any atom is -0.504 e. The lowest BCUT2D eigenvalue weighted by Gasteiger charge is -2.35. The Balaban J connectivity index is 2.08. The summed E-state index contributed by atoms with van der Waals surface area (Å²) in [6.07, 6.45) is 7.97. The number of hydrogen-bond donors (Lipinski definition) is 4. The molecule has 0 amide bonds. The molecule has 6 nitrogen and oxygen atoms in total. The summed E-state index contributed by atoms with van der Waals surface area (Å²) in [4.78, 5) is 4.38. The Bertz CT molecular complexity index is 1340. The van der Waals surface area contributed by atoms with Gasteiger partial charge in [0.25, 0.3) is 0 Å². The molecule has 0 bridgehead atoms. The number of hydrogen-bond acceptors (Lipinski definition) is 6. The summed E-state index contributed by atoms with van der Waals surface area (Å²) >= 11 is 0. The molecule has 4 rings (SSSR count). The maximum Gasteiger partial charge on any atom is 0.162 e. The molecule has 2 aliphatic carbocycles. The molecule has 41 heavy (non-hydrogen) atoms. The first-order valence-corrected chi connectivity index (χ1v) is 14.7. The van der Waals surface area contributed by atoms with E-state index in [0.29, 0.717) is 38.3 Å². The third kappa shape index (κ3) is 5.17. The number of aromatic hydroxyl groups is 4. The topological polar surface area (TPSA) is 87.4 Å². The molecule has 0 saturated heterocycles. The summed E-state index contributed by atoms with van der Waals surface area (Å²) in [7, 11) is 0. The van der Waals surface area contributed by atoms with Gasteiger partial charge in [0.2, 0.25) is 0 Å². The van der Waals surface area contributed by atoms with E-state index in [2.05, 4.69) is 64.2 Å². The third-order valence-corrected chi connectivity index (χ3v) is 9.13. The van der Waals surface area contributed by atoms with E-state index in [9.17, 15) is 20.4 Å². The molecular weight excluding hydrogens is 512 g/mol. The molecule has 2 aromatic carbocycles. The van der Waals surface area contributed by atoms with Crippen LogP contribution in [-0.2, 0) is 29.3 Å². The molecule has 0 aliphatic heterocycles. The summed E-state index contributed by atoms with van der Waals surface area (Å²) in [5, 5.41) is 44.9. The van der Waals surface area contributed by atoms with Crippen LogP contribution in [-0.4, -0.2) is 56.4 Å². The number of rotatable bonds is 12. The molecule has 1 spiro atoms. The van der Waals surface area contributed by atoms with E-state index in [1.165, 1.54) is 0 Å². The molecule has 1 unspecified atom stereocenters. The van der Waals surface area contributed by atoms with Crippen molar-refractivity contribution in [2.45, 2.75) is 83.2 Å². The van der Waals surface area contributed by atoms with Crippen LogP contribution in [0.25, 0.3) is 0 Å². The fraction of sp³-hybridized carbons (Fsp3) is 0.486. The van der Waals surface area contributed by atoms with Crippen LogP contribution in [0.1, 0.15) is 87.3 Å².